The van der Waals surface area contributed by atoms with Gasteiger partial charge in [0.15, 0.2) is 0 Å². The van der Waals surface area contributed by atoms with E-state index in [9.17, 15) is 4.79 Å². The molecule has 0 spiro atoms. The van der Waals surface area contributed by atoms with Gasteiger partial charge in [-0.1, -0.05) is 0 Å². The molecule has 0 aromatic heterocycles. The van der Waals surface area contributed by atoms with E-state index >= 15 is 0 Å². The highest BCUT2D eigenvalue weighted by molar-refractivity contribution is 5.77. The van der Waals surface area contributed by atoms with E-state index in [4.69, 9.17) is 20.3 Å². The number of nitrogens with two attached hydrogens (primary N) is 1. The van der Waals surface area contributed by atoms with Crippen molar-refractivity contribution >= 4 is 5.97 Å². The maximum atomic E-state index is 10.4. The van der Waals surface area contributed by atoms with Gasteiger partial charge in [-0.25, -0.2) is 0 Å². The third-order valence-corrected chi connectivity index (χ3v) is 1.32. The lowest BCUT2D eigenvalue weighted by Crippen LogP contribution is -2.49. The van der Waals surface area contributed by atoms with E-state index in [0.717, 1.165) is 0 Å². The van der Waals surface area contributed by atoms with Crippen LogP contribution < -0.4 is 5.73 Å². The van der Waals surface area contributed by atoms with Crippen LogP contribution in [0.5, 0.6) is 0 Å². The Morgan fingerprint density at radius 1 is 1.58 bits per heavy atom. The normalized spacial score (nSPS) is 15.6. The number of ether oxygens (including phenoxy) is 2. The third kappa shape index (κ3) is 4.27. The van der Waals surface area contributed by atoms with Crippen molar-refractivity contribution in [3.8, 4) is 0 Å². The fourth-order valence-electron chi connectivity index (χ4n) is 0.488. The predicted molar refractivity (Wildman–Crippen MR) is 42.9 cm³/mol. The molecule has 1 atom stereocenters. The van der Waals surface area contributed by atoms with Crippen LogP contribution in [-0.4, -0.2) is 43.5 Å². The third-order valence-electron chi connectivity index (χ3n) is 1.32. The van der Waals surface area contributed by atoms with Crippen LogP contribution in [0.25, 0.3) is 0 Å². The molecule has 0 rings (SSSR count). The van der Waals surface area contributed by atoms with Gasteiger partial charge in [0.05, 0.1) is 19.8 Å². The topological polar surface area (TPSA) is 81.8 Å². The van der Waals surface area contributed by atoms with Crippen LogP contribution in [0.15, 0.2) is 0 Å². The molecule has 0 saturated carbocycles. The smallest absolute Gasteiger partial charge is 0.325 e. The van der Waals surface area contributed by atoms with Gasteiger partial charge in [-0.05, 0) is 6.92 Å². The Morgan fingerprint density at radius 3 is 2.58 bits per heavy atom. The maximum Gasteiger partial charge on any atom is 0.325 e. The summed E-state index contributed by atoms with van der Waals surface area (Å²) in [6.07, 6.45) is 0. The molecule has 0 aliphatic carbocycles. The van der Waals surface area contributed by atoms with E-state index in [2.05, 4.69) is 0 Å². The molecule has 0 aliphatic heterocycles. The Morgan fingerprint density at radius 2 is 2.17 bits per heavy atom. The summed E-state index contributed by atoms with van der Waals surface area (Å²) in [5, 5.41) is 8.56. The minimum absolute atomic E-state index is 0.00824. The van der Waals surface area contributed by atoms with Gasteiger partial charge in [0.1, 0.15) is 5.54 Å². The molecule has 5 heteroatoms. The lowest BCUT2D eigenvalue weighted by atomic mass is 10.1. The van der Waals surface area contributed by atoms with Gasteiger partial charge in [-0.3, -0.25) is 4.79 Å². The maximum absolute atomic E-state index is 10.4. The second kappa shape index (κ2) is 5.08. The molecule has 0 radical (unpaired) electrons. The first-order valence-corrected chi connectivity index (χ1v) is 3.59. The molecule has 12 heavy (non-hydrogen) atoms. The van der Waals surface area contributed by atoms with Gasteiger partial charge in [-0.2, -0.15) is 0 Å². The number of rotatable bonds is 6. The lowest BCUT2D eigenvalue weighted by molar-refractivity contribution is -0.145. The number of carboxylic acids is 1. The summed E-state index contributed by atoms with van der Waals surface area (Å²) in [5.74, 6) is -1.07. The zero-order chi connectivity index (χ0) is 9.61. The largest absolute Gasteiger partial charge is 0.480 e. The molecular weight excluding hydrogens is 162 g/mol. The monoisotopic (exact) mass is 177 g/mol. The summed E-state index contributed by atoms with van der Waals surface area (Å²) < 4.78 is 9.67. The molecular formula is C7H15NO4. The van der Waals surface area contributed by atoms with Crippen molar-refractivity contribution in [2.24, 2.45) is 5.73 Å². The zero-order valence-electron chi connectivity index (χ0n) is 7.37. The molecule has 0 aliphatic rings. The molecule has 0 aromatic rings. The fraction of sp³-hybridized carbons (Fsp3) is 0.857. The minimum atomic E-state index is -1.31. The van der Waals surface area contributed by atoms with Crippen molar-refractivity contribution in [2.75, 3.05) is 26.9 Å². The van der Waals surface area contributed by atoms with Gasteiger partial charge < -0.3 is 20.3 Å². The summed E-state index contributed by atoms with van der Waals surface area (Å²) in [6, 6.07) is 0. The van der Waals surface area contributed by atoms with Crippen molar-refractivity contribution in [1.29, 1.82) is 0 Å². The number of carbonyl (C=O) groups is 1. The van der Waals surface area contributed by atoms with E-state index in [0.29, 0.717) is 13.2 Å². The molecule has 5 nitrogen and oxygen atoms in total. The summed E-state index contributed by atoms with van der Waals surface area (Å²) in [7, 11) is 1.54. The summed E-state index contributed by atoms with van der Waals surface area (Å²) in [4.78, 5) is 10.4. The zero-order valence-corrected chi connectivity index (χ0v) is 7.37. The van der Waals surface area contributed by atoms with Crippen LogP contribution >= 0.6 is 0 Å². The Bertz CT molecular complexity index is 146. The van der Waals surface area contributed by atoms with Crippen LogP contribution in [0.4, 0.5) is 0 Å². The van der Waals surface area contributed by atoms with Crippen LogP contribution in [0.1, 0.15) is 6.92 Å². The van der Waals surface area contributed by atoms with Gasteiger partial charge in [0.2, 0.25) is 0 Å². The van der Waals surface area contributed by atoms with Crippen molar-refractivity contribution < 1.29 is 19.4 Å². The van der Waals surface area contributed by atoms with E-state index in [1.807, 2.05) is 0 Å². The van der Waals surface area contributed by atoms with Gasteiger partial charge >= 0.3 is 5.97 Å². The standard InChI is InChI=1S/C7H15NO4/c1-7(8,6(9)10)5-12-4-3-11-2/h3-5,8H2,1-2H3,(H,9,10)/t7-/m0/s1. The van der Waals surface area contributed by atoms with Gasteiger partial charge in [0, 0.05) is 7.11 Å². The Kier molecular flexibility index (Phi) is 4.80. The average Bonchev–Trinajstić information content (AvgIpc) is 1.98. The molecule has 0 amide bonds. The second-order valence-corrected chi connectivity index (χ2v) is 2.77. The first-order chi connectivity index (χ1) is 5.50. The van der Waals surface area contributed by atoms with Crippen LogP contribution in [0.3, 0.4) is 0 Å². The molecule has 0 saturated heterocycles. The van der Waals surface area contributed by atoms with Crippen molar-refractivity contribution in [2.45, 2.75) is 12.5 Å². The van der Waals surface area contributed by atoms with Crippen LogP contribution in [0.2, 0.25) is 0 Å². The first kappa shape index (κ1) is 11.4. The van der Waals surface area contributed by atoms with Crippen LogP contribution in [-0.2, 0) is 14.3 Å². The highest BCUT2D eigenvalue weighted by Crippen LogP contribution is 1.99. The number of aliphatic carboxylic acids is 1. The summed E-state index contributed by atoms with van der Waals surface area (Å²) in [6.45, 7) is 2.19. The predicted octanol–water partition coefficient (Wildman–Crippen LogP) is -0.549. The Hall–Kier alpha value is -0.650. The second-order valence-electron chi connectivity index (χ2n) is 2.77. The number of hydrogen-bond acceptors (Lipinski definition) is 4. The number of methoxy groups -OCH3 is 1. The Balaban J connectivity index is 3.54. The van der Waals surface area contributed by atoms with E-state index in [-0.39, 0.29) is 6.61 Å². The number of hydrogen-bond donors (Lipinski definition) is 2. The van der Waals surface area contributed by atoms with E-state index in [1.54, 1.807) is 7.11 Å². The highest BCUT2D eigenvalue weighted by atomic mass is 16.5. The fourth-order valence-corrected chi connectivity index (χ4v) is 0.488. The summed E-state index contributed by atoms with van der Waals surface area (Å²) >= 11 is 0. The van der Waals surface area contributed by atoms with E-state index < -0.39 is 11.5 Å². The molecule has 0 bridgehead atoms. The quantitative estimate of drug-likeness (QED) is 0.532. The molecule has 0 unspecified atom stereocenters. The number of carboxylic acid groups (broad SMARTS) is 1. The van der Waals surface area contributed by atoms with E-state index in [1.165, 1.54) is 6.92 Å². The van der Waals surface area contributed by atoms with Crippen molar-refractivity contribution in [1.82, 2.24) is 0 Å². The molecule has 0 fully saturated rings. The highest BCUT2D eigenvalue weighted by Gasteiger charge is 2.27. The average molecular weight is 177 g/mol. The van der Waals surface area contributed by atoms with Crippen molar-refractivity contribution in [3.05, 3.63) is 0 Å². The SMILES string of the molecule is COCCOC[C@](C)(N)C(=O)O. The van der Waals surface area contributed by atoms with Crippen LogP contribution in [0, 0.1) is 0 Å². The van der Waals surface area contributed by atoms with Gasteiger partial charge in [-0.15, -0.1) is 0 Å². The molecule has 0 aromatic carbocycles. The minimum Gasteiger partial charge on any atom is -0.480 e. The molecule has 3 N–H and O–H groups in total. The Labute approximate surface area is 71.5 Å². The first-order valence-electron chi connectivity index (χ1n) is 3.59. The van der Waals surface area contributed by atoms with Crippen molar-refractivity contribution in [3.63, 3.8) is 0 Å². The molecule has 72 valence electrons. The van der Waals surface area contributed by atoms with Gasteiger partial charge in [0.25, 0.3) is 0 Å². The summed E-state index contributed by atoms with van der Waals surface area (Å²) in [5.41, 5.74) is 4.06. The molecule has 0 heterocycles. The lowest BCUT2D eigenvalue weighted by Gasteiger charge is -2.18.